The number of thioether (sulfide) groups is 1. The van der Waals surface area contributed by atoms with E-state index < -0.39 is 0 Å². The Morgan fingerprint density at radius 2 is 2.14 bits per heavy atom. The smallest absolute Gasteiger partial charge is 0.237 e. The first kappa shape index (κ1) is 13.9. The van der Waals surface area contributed by atoms with Crippen molar-refractivity contribution in [2.75, 3.05) is 5.73 Å². The molecule has 1 aromatic carbocycles. The number of hydrogen-bond acceptors (Lipinski definition) is 6. The maximum Gasteiger partial charge on any atom is 0.237 e. The van der Waals surface area contributed by atoms with Crippen LogP contribution < -0.4 is 5.73 Å². The van der Waals surface area contributed by atoms with Crippen molar-refractivity contribution >= 4 is 29.2 Å². The predicted molar refractivity (Wildman–Crippen MR) is 83.0 cm³/mol. The summed E-state index contributed by atoms with van der Waals surface area (Å²) in [5, 5.41) is 4.60. The summed E-state index contributed by atoms with van der Waals surface area (Å²) in [5.41, 5.74) is 6.37. The molecule has 0 aliphatic rings. The Balaban J connectivity index is 1.69. The average molecular weight is 319 g/mol. The van der Waals surface area contributed by atoms with Gasteiger partial charge in [0, 0.05) is 21.7 Å². The molecule has 3 aromatic rings. The molecule has 3 rings (SSSR count). The summed E-state index contributed by atoms with van der Waals surface area (Å²) >= 11 is 7.50. The third-order valence-corrected chi connectivity index (χ3v) is 3.87. The molecule has 106 valence electrons. The van der Waals surface area contributed by atoms with Crippen molar-refractivity contribution in [1.29, 1.82) is 0 Å². The molecular weight excluding hydrogens is 308 g/mol. The monoisotopic (exact) mass is 318 g/mol. The molecule has 0 unspecified atom stereocenters. The van der Waals surface area contributed by atoms with E-state index in [0.29, 0.717) is 28.3 Å². The average Bonchev–Trinajstić information content (AvgIpc) is 2.96. The molecule has 0 atom stereocenters. The van der Waals surface area contributed by atoms with Gasteiger partial charge in [0.05, 0.1) is 5.75 Å². The van der Waals surface area contributed by atoms with Crippen LogP contribution in [0.2, 0.25) is 5.02 Å². The maximum absolute atomic E-state index is 5.95. The van der Waals surface area contributed by atoms with Crippen molar-refractivity contribution in [3.63, 3.8) is 0 Å². The van der Waals surface area contributed by atoms with Gasteiger partial charge in [-0.15, -0.1) is 11.8 Å². The minimum atomic E-state index is 0.500. The van der Waals surface area contributed by atoms with Gasteiger partial charge in [-0.2, -0.15) is 4.98 Å². The molecule has 0 fully saturated rings. The Morgan fingerprint density at radius 1 is 1.24 bits per heavy atom. The molecule has 5 nitrogen and oxygen atoms in total. The number of halogens is 1. The number of hydrogen-bond donors (Lipinski definition) is 1. The summed E-state index contributed by atoms with van der Waals surface area (Å²) < 4.78 is 5.23. The van der Waals surface area contributed by atoms with Gasteiger partial charge in [-0.1, -0.05) is 28.9 Å². The Morgan fingerprint density at radius 3 is 2.90 bits per heavy atom. The van der Waals surface area contributed by atoms with Crippen molar-refractivity contribution in [3.8, 4) is 11.4 Å². The van der Waals surface area contributed by atoms with E-state index in [1.165, 1.54) is 0 Å². The zero-order valence-electron chi connectivity index (χ0n) is 10.9. The Kier molecular flexibility index (Phi) is 4.08. The molecule has 7 heteroatoms. The Hall–Kier alpha value is -2.05. The lowest BCUT2D eigenvalue weighted by atomic mass is 10.2. The number of anilines is 1. The molecule has 2 heterocycles. The summed E-state index contributed by atoms with van der Waals surface area (Å²) in [4.78, 5) is 9.37. The van der Waals surface area contributed by atoms with Crippen molar-refractivity contribution in [3.05, 3.63) is 53.5 Å². The molecule has 0 amide bonds. The summed E-state index contributed by atoms with van der Waals surface area (Å²) in [6.07, 6.45) is 1.72. The van der Waals surface area contributed by atoms with E-state index in [-0.39, 0.29) is 0 Å². The van der Waals surface area contributed by atoms with Crippen LogP contribution in [0.4, 0.5) is 5.82 Å². The van der Waals surface area contributed by atoms with Crippen LogP contribution in [0.5, 0.6) is 0 Å². The van der Waals surface area contributed by atoms with E-state index in [2.05, 4.69) is 15.1 Å². The second-order valence-corrected chi connectivity index (χ2v) is 5.71. The third-order valence-electron chi connectivity index (χ3n) is 2.67. The van der Waals surface area contributed by atoms with Crippen LogP contribution in [0.1, 0.15) is 5.89 Å². The van der Waals surface area contributed by atoms with Gasteiger partial charge < -0.3 is 10.3 Å². The molecule has 21 heavy (non-hydrogen) atoms. The number of nitrogen functional groups attached to an aromatic ring is 1. The lowest BCUT2D eigenvalue weighted by Gasteiger charge is -1.97. The fraction of sp³-hybridized carbons (Fsp3) is 0.0714. The van der Waals surface area contributed by atoms with Crippen LogP contribution in [-0.4, -0.2) is 15.1 Å². The van der Waals surface area contributed by atoms with Gasteiger partial charge in [0.1, 0.15) is 5.82 Å². The number of benzene rings is 1. The first-order chi connectivity index (χ1) is 10.2. The molecule has 0 bridgehead atoms. The molecule has 0 radical (unpaired) electrons. The molecular formula is C14H11ClN4OS. The van der Waals surface area contributed by atoms with Crippen LogP contribution in [0.3, 0.4) is 0 Å². The lowest BCUT2D eigenvalue weighted by molar-refractivity contribution is 0.391. The quantitative estimate of drug-likeness (QED) is 0.740. The topological polar surface area (TPSA) is 77.8 Å². The highest BCUT2D eigenvalue weighted by Gasteiger charge is 2.09. The standard InChI is InChI=1S/C14H11ClN4OS/c15-10-3-1-2-9(6-10)14-18-13(20-19-14)8-21-11-4-5-12(16)17-7-11/h1-7H,8H2,(H2,16,17). The zero-order valence-corrected chi connectivity index (χ0v) is 12.4. The fourth-order valence-electron chi connectivity index (χ4n) is 1.68. The van der Waals surface area contributed by atoms with Crippen molar-refractivity contribution < 1.29 is 4.52 Å². The van der Waals surface area contributed by atoms with E-state index in [0.717, 1.165) is 10.5 Å². The Bertz CT molecular complexity index is 745. The first-order valence-electron chi connectivity index (χ1n) is 6.13. The Labute approximate surface area is 130 Å². The van der Waals surface area contributed by atoms with E-state index in [1.807, 2.05) is 18.2 Å². The molecule has 2 aromatic heterocycles. The lowest BCUT2D eigenvalue weighted by Crippen LogP contribution is -1.88. The van der Waals surface area contributed by atoms with Crippen LogP contribution in [0.25, 0.3) is 11.4 Å². The minimum Gasteiger partial charge on any atom is -0.384 e. The number of nitrogens with two attached hydrogens (primary N) is 1. The zero-order chi connectivity index (χ0) is 14.7. The van der Waals surface area contributed by atoms with Gasteiger partial charge in [0.2, 0.25) is 11.7 Å². The molecule has 0 aliphatic heterocycles. The SMILES string of the molecule is Nc1ccc(SCc2nc(-c3cccc(Cl)c3)no2)cn1. The van der Waals surface area contributed by atoms with E-state index in [9.17, 15) is 0 Å². The van der Waals surface area contributed by atoms with E-state index in [4.69, 9.17) is 21.9 Å². The highest BCUT2D eigenvalue weighted by Crippen LogP contribution is 2.24. The molecule has 0 saturated heterocycles. The summed E-state index contributed by atoms with van der Waals surface area (Å²) in [5.74, 6) is 2.15. The van der Waals surface area contributed by atoms with Gasteiger partial charge in [-0.05, 0) is 24.3 Å². The maximum atomic E-state index is 5.95. The van der Waals surface area contributed by atoms with Crippen molar-refractivity contribution in [1.82, 2.24) is 15.1 Å². The summed E-state index contributed by atoms with van der Waals surface area (Å²) in [6, 6.07) is 11.0. The second kappa shape index (κ2) is 6.15. The molecule has 0 aliphatic carbocycles. The highest BCUT2D eigenvalue weighted by molar-refractivity contribution is 7.98. The van der Waals surface area contributed by atoms with Gasteiger partial charge in [0.25, 0.3) is 0 Å². The third kappa shape index (κ3) is 3.53. The van der Waals surface area contributed by atoms with Gasteiger partial charge >= 0.3 is 0 Å². The van der Waals surface area contributed by atoms with Gasteiger partial charge in [0.15, 0.2) is 0 Å². The first-order valence-corrected chi connectivity index (χ1v) is 7.50. The van der Waals surface area contributed by atoms with Crippen molar-refractivity contribution in [2.24, 2.45) is 0 Å². The number of pyridine rings is 1. The van der Waals surface area contributed by atoms with Gasteiger partial charge in [-0.3, -0.25) is 0 Å². The molecule has 2 N–H and O–H groups in total. The normalized spacial score (nSPS) is 10.7. The largest absolute Gasteiger partial charge is 0.384 e. The fourth-order valence-corrected chi connectivity index (χ4v) is 2.57. The summed E-state index contributed by atoms with van der Waals surface area (Å²) in [7, 11) is 0. The van der Waals surface area contributed by atoms with Crippen LogP contribution in [-0.2, 0) is 5.75 Å². The van der Waals surface area contributed by atoms with Crippen LogP contribution in [0.15, 0.2) is 52.0 Å². The van der Waals surface area contributed by atoms with Crippen LogP contribution in [0, 0.1) is 0 Å². The number of nitrogens with zero attached hydrogens (tertiary/aromatic N) is 3. The number of rotatable bonds is 4. The minimum absolute atomic E-state index is 0.500. The number of aromatic nitrogens is 3. The van der Waals surface area contributed by atoms with Crippen LogP contribution >= 0.6 is 23.4 Å². The second-order valence-electron chi connectivity index (χ2n) is 4.23. The molecule has 0 spiro atoms. The predicted octanol–water partition coefficient (Wildman–Crippen LogP) is 3.66. The van der Waals surface area contributed by atoms with Crippen molar-refractivity contribution in [2.45, 2.75) is 10.6 Å². The highest BCUT2D eigenvalue weighted by atomic mass is 35.5. The van der Waals surface area contributed by atoms with Gasteiger partial charge in [-0.25, -0.2) is 4.98 Å². The summed E-state index contributed by atoms with van der Waals surface area (Å²) in [6.45, 7) is 0. The van der Waals surface area contributed by atoms with E-state index >= 15 is 0 Å². The van der Waals surface area contributed by atoms with E-state index in [1.54, 1.807) is 36.2 Å². The molecule has 0 saturated carbocycles.